The molecule has 7 nitrogen and oxygen atoms in total. The zero-order chi connectivity index (χ0) is 21.4. The first-order chi connectivity index (χ1) is 14.4. The van der Waals surface area contributed by atoms with E-state index in [0.29, 0.717) is 23.7 Å². The summed E-state index contributed by atoms with van der Waals surface area (Å²) in [4.78, 5) is 30.0. The third-order valence-electron chi connectivity index (χ3n) is 5.58. The number of benzene rings is 2. The zero-order valence-corrected chi connectivity index (χ0v) is 17.6. The highest BCUT2D eigenvalue weighted by atomic mass is 16.2. The van der Waals surface area contributed by atoms with Crippen LogP contribution in [-0.4, -0.2) is 18.7 Å². The Morgan fingerprint density at radius 1 is 0.933 bits per heavy atom. The van der Waals surface area contributed by atoms with Crippen molar-refractivity contribution in [1.29, 1.82) is 0 Å². The predicted octanol–water partition coefficient (Wildman–Crippen LogP) is 3.04. The van der Waals surface area contributed by atoms with Gasteiger partial charge in [0.1, 0.15) is 0 Å². The molecule has 0 saturated carbocycles. The van der Waals surface area contributed by atoms with Crippen LogP contribution in [0, 0.1) is 13.8 Å². The van der Waals surface area contributed by atoms with Crippen molar-refractivity contribution in [3.8, 4) is 0 Å². The normalized spacial score (nSPS) is 11.2. The van der Waals surface area contributed by atoms with E-state index in [0.717, 1.165) is 27.8 Å². The topological polar surface area (TPSA) is 73.8 Å². The van der Waals surface area contributed by atoms with Crippen molar-refractivity contribution in [1.82, 2.24) is 18.7 Å². The molecule has 2 aromatic carbocycles. The smallest absolute Gasteiger partial charge is 0.326 e. The molecule has 30 heavy (non-hydrogen) atoms. The molecular weight excluding hydrogens is 378 g/mol. The molecule has 0 amide bonds. The molecule has 0 bridgehead atoms. The van der Waals surface area contributed by atoms with E-state index in [1.165, 1.54) is 17.2 Å². The molecular formula is C23H25N5O2. The number of hydrogen-bond acceptors (Lipinski definition) is 4. The second-order valence-electron chi connectivity index (χ2n) is 7.62. The first kappa shape index (κ1) is 19.7. The molecule has 0 fully saturated rings. The fourth-order valence-corrected chi connectivity index (χ4v) is 3.59. The highest BCUT2D eigenvalue weighted by Gasteiger charge is 2.19. The molecule has 0 aliphatic heterocycles. The summed E-state index contributed by atoms with van der Waals surface area (Å²) in [6.07, 6.45) is 0.736. The highest BCUT2D eigenvalue weighted by Crippen LogP contribution is 2.22. The predicted molar refractivity (Wildman–Crippen MR) is 120 cm³/mol. The number of imidazole rings is 1. The molecule has 0 aliphatic rings. The zero-order valence-electron chi connectivity index (χ0n) is 17.6. The molecule has 0 spiro atoms. The van der Waals surface area contributed by atoms with Crippen LogP contribution in [-0.2, 0) is 27.1 Å². The van der Waals surface area contributed by atoms with Crippen molar-refractivity contribution in [2.75, 3.05) is 5.32 Å². The average molecular weight is 403 g/mol. The van der Waals surface area contributed by atoms with E-state index < -0.39 is 5.69 Å². The van der Waals surface area contributed by atoms with Crippen LogP contribution in [0.4, 0.5) is 11.6 Å². The number of rotatable bonds is 5. The van der Waals surface area contributed by atoms with Crippen LogP contribution in [0.1, 0.15) is 16.7 Å². The van der Waals surface area contributed by atoms with E-state index >= 15 is 0 Å². The van der Waals surface area contributed by atoms with Gasteiger partial charge >= 0.3 is 5.69 Å². The van der Waals surface area contributed by atoms with Gasteiger partial charge in [-0.25, -0.2) is 4.79 Å². The monoisotopic (exact) mass is 403 g/mol. The maximum absolute atomic E-state index is 13.0. The lowest BCUT2D eigenvalue weighted by Crippen LogP contribution is -2.37. The third kappa shape index (κ3) is 3.43. The van der Waals surface area contributed by atoms with Crippen LogP contribution in [0.5, 0.6) is 0 Å². The van der Waals surface area contributed by atoms with Crippen LogP contribution in [0.25, 0.3) is 11.2 Å². The van der Waals surface area contributed by atoms with E-state index in [4.69, 9.17) is 0 Å². The summed E-state index contributed by atoms with van der Waals surface area (Å²) >= 11 is 0. The standard InChI is InChI=1S/C23H25N5O2/c1-15-10-11-18(14-16(15)2)24-22-25-20-19(21(29)27(4)23(30)26(20)3)28(22)13-12-17-8-6-5-7-9-17/h5-11,14H,12-13H2,1-4H3,(H,24,25). The van der Waals surface area contributed by atoms with Gasteiger partial charge in [0.05, 0.1) is 0 Å². The van der Waals surface area contributed by atoms with E-state index in [1.807, 2.05) is 41.0 Å². The molecule has 0 saturated heterocycles. The van der Waals surface area contributed by atoms with Crippen LogP contribution in [0.3, 0.4) is 0 Å². The third-order valence-corrected chi connectivity index (χ3v) is 5.58. The van der Waals surface area contributed by atoms with Crippen LogP contribution in [0.2, 0.25) is 0 Å². The molecule has 0 atom stereocenters. The van der Waals surface area contributed by atoms with Gasteiger partial charge in [0, 0.05) is 26.3 Å². The number of hydrogen-bond donors (Lipinski definition) is 1. The van der Waals surface area contributed by atoms with Gasteiger partial charge in [-0.15, -0.1) is 0 Å². The van der Waals surface area contributed by atoms with Gasteiger partial charge in [0.25, 0.3) is 5.56 Å². The minimum atomic E-state index is -0.391. The first-order valence-corrected chi connectivity index (χ1v) is 9.91. The van der Waals surface area contributed by atoms with E-state index in [9.17, 15) is 9.59 Å². The Morgan fingerprint density at radius 2 is 1.67 bits per heavy atom. The second-order valence-corrected chi connectivity index (χ2v) is 7.62. The lowest BCUT2D eigenvalue weighted by molar-refractivity contribution is 0.688. The lowest BCUT2D eigenvalue weighted by atomic mass is 10.1. The Hall–Kier alpha value is -3.61. The highest BCUT2D eigenvalue weighted by molar-refractivity contribution is 5.76. The largest absolute Gasteiger partial charge is 0.332 e. The van der Waals surface area contributed by atoms with E-state index in [1.54, 1.807) is 7.05 Å². The number of aryl methyl sites for hydroxylation is 5. The minimum Gasteiger partial charge on any atom is -0.326 e. The van der Waals surface area contributed by atoms with Gasteiger partial charge in [-0.1, -0.05) is 36.4 Å². The van der Waals surface area contributed by atoms with Gasteiger partial charge in [0.15, 0.2) is 11.2 Å². The molecule has 4 rings (SSSR count). The van der Waals surface area contributed by atoms with Crippen molar-refractivity contribution >= 4 is 22.8 Å². The molecule has 7 heteroatoms. The van der Waals surface area contributed by atoms with Crippen molar-refractivity contribution < 1.29 is 0 Å². The van der Waals surface area contributed by atoms with Crippen LogP contribution in [0.15, 0.2) is 58.1 Å². The molecule has 0 radical (unpaired) electrons. The summed E-state index contributed by atoms with van der Waals surface area (Å²) in [5, 5.41) is 3.35. The quantitative estimate of drug-likeness (QED) is 0.556. The van der Waals surface area contributed by atoms with Gasteiger partial charge in [-0.2, -0.15) is 4.98 Å². The maximum Gasteiger partial charge on any atom is 0.332 e. The first-order valence-electron chi connectivity index (χ1n) is 9.91. The SMILES string of the molecule is Cc1ccc(Nc2nc3c(c(=O)n(C)c(=O)n3C)n2CCc2ccccc2)cc1C. The summed E-state index contributed by atoms with van der Waals surface area (Å²) in [6, 6.07) is 16.2. The number of anilines is 2. The Balaban J connectivity index is 1.86. The number of nitrogens with one attached hydrogen (secondary N) is 1. The maximum atomic E-state index is 13.0. The Labute approximate surface area is 174 Å². The van der Waals surface area contributed by atoms with E-state index in [2.05, 4.69) is 36.3 Å². The van der Waals surface area contributed by atoms with Gasteiger partial charge < -0.3 is 9.88 Å². The van der Waals surface area contributed by atoms with Crippen molar-refractivity contribution in [3.05, 3.63) is 86.1 Å². The molecule has 1 N–H and O–H groups in total. The molecule has 2 aromatic heterocycles. The second kappa shape index (κ2) is 7.67. The molecule has 154 valence electrons. The summed E-state index contributed by atoms with van der Waals surface area (Å²) in [7, 11) is 3.13. The molecule has 0 unspecified atom stereocenters. The summed E-state index contributed by atoms with van der Waals surface area (Å²) in [5.74, 6) is 0.544. The lowest BCUT2D eigenvalue weighted by Gasteiger charge is -2.12. The number of aromatic nitrogens is 4. The number of nitrogens with zero attached hydrogens (tertiary/aromatic N) is 4. The number of fused-ring (bicyclic) bond motifs is 1. The van der Waals surface area contributed by atoms with Crippen molar-refractivity contribution in [2.24, 2.45) is 14.1 Å². The average Bonchev–Trinajstić information content (AvgIpc) is 3.10. The van der Waals surface area contributed by atoms with Gasteiger partial charge in [-0.05, 0) is 49.1 Å². The minimum absolute atomic E-state index is 0.346. The molecule has 2 heterocycles. The van der Waals surface area contributed by atoms with Crippen LogP contribution >= 0.6 is 0 Å². The Kier molecular flexibility index (Phi) is 5.03. The Morgan fingerprint density at radius 3 is 2.37 bits per heavy atom. The fraction of sp³-hybridized carbons (Fsp3) is 0.261. The summed E-state index contributed by atoms with van der Waals surface area (Å²) in [5.41, 5.74) is 4.48. The fourth-order valence-electron chi connectivity index (χ4n) is 3.59. The molecule has 0 aliphatic carbocycles. The molecule has 4 aromatic rings. The van der Waals surface area contributed by atoms with Crippen molar-refractivity contribution in [3.63, 3.8) is 0 Å². The van der Waals surface area contributed by atoms with Crippen molar-refractivity contribution in [2.45, 2.75) is 26.8 Å². The van der Waals surface area contributed by atoms with E-state index in [-0.39, 0.29) is 5.56 Å². The van der Waals surface area contributed by atoms with Gasteiger partial charge in [0.2, 0.25) is 5.95 Å². The van der Waals surface area contributed by atoms with Crippen LogP contribution < -0.4 is 16.6 Å². The summed E-state index contributed by atoms with van der Waals surface area (Å²) < 4.78 is 4.42. The van der Waals surface area contributed by atoms with Gasteiger partial charge in [-0.3, -0.25) is 13.9 Å². The Bertz CT molecular complexity index is 1350. The summed E-state index contributed by atoms with van der Waals surface area (Å²) in [6.45, 7) is 4.67.